The summed E-state index contributed by atoms with van der Waals surface area (Å²) in [5.74, 6) is 1.28. The number of aromatic nitrogens is 1. The van der Waals surface area contributed by atoms with Crippen molar-refractivity contribution in [3.8, 4) is 0 Å². The van der Waals surface area contributed by atoms with E-state index in [-0.39, 0.29) is 0 Å². The third-order valence-electron chi connectivity index (χ3n) is 3.18. The average molecular weight is 276 g/mol. The van der Waals surface area contributed by atoms with Gasteiger partial charge in [-0.3, -0.25) is 4.98 Å². The molecular weight excluding hydrogens is 248 g/mol. The summed E-state index contributed by atoms with van der Waals surface area (Å²) in [5.41, 5.74) is 8.14. The number of guanidine groups is 1. The third kappa shape index (κ3) is 7.12. The third-order valence-corrected chi connectivity index (χ3v) is 3.18. The fraction of sp³-hybridized carbons (Fsp3) is 0.625. The molecule has 3 N–H and O–H groups in total. The van der Waals surface area contributed by atoms with E-state index in [9.17, 15) is 0 Å². The van der Waals surface area contributed by atoms with E-state index in [4.69, 9.17) is 5.73 Å². The summed E-state index contributed by atoms with van der Waals surface area (Å²) >= 11 is 0. The molecule has 0 radical (unpaired) electrons. The first-order valence-electron chi connectivity index (χ1n) is 7.44. The van der Waals surface area contributed by atoms with E-state index in [0.29, 0.717) is 18.5 Å². The number of pyridine rings is 1. The lowest BCUT2D eigenvalue weighted by Gasteiger charge is -2.15. The van der Waals surface area contributed by atoms with Crippen LogP contribution in [0.2, 0.25) is 0 Å². The number of nitrogens with one attached hydrogen (secondary N) is 1. The first-order valence-corrected chi connectivity index (χ1v) is 7.44. The van der Waals surface area contributed by atoms with E-state index in [0.717, 1.165) is 23.5 Å². The Balaban J connectivity index is 2.34. The summed E-state index contributed by atoms with van der Waals surface area (Å²) in [7, 11) is 0. The van der Waals surface area contributed by atoms with Gasteiger partial charge in [0.2, 0.25) is 0 Å². The lowest BCUT2D eigenvalue weighted by Crippen LogP contribution is -2.38. The molecule has 1 atom stereocenters. The predicted octanol–water partition coefficient (Wildman–Crippen LogP) is 3.01. The van der Waals surface area contributed by atoms with Crippen molar-refractivity contribution in [2.75, 3.05) is 0 Å². The first kappa shape index (κ1) is 16.5. The van der Waals surface area contributed by atoms with Gasteiger partial charge in [-0.25, -0.2) is 4.99 Å². The van der Waals surface area contributed by atoms with Crippen LogP contribution in [0.25, 0.3) is 0 Å². The van der Waals surface area contributed by atoms with Gasteiger partial charge in [0.25, 0.3) is 0 Å². The summed E-state index contributed by atoms with van der Waals surface area (Å²) in [6, 6.07) is 2.45. The molecule has 112 valence electrons. The van der Waals surface area contributed by atoms with Crippen LogP contribution in [0.5, 0.6) is 0 Å². The molecule has 0 aliphatic rings. The van der Waals surface area contributed by atoms with Crippen molar-refractivity contribution in [2.24, 2.45) is 16.6 Å². The standard InChI is InChI=1S/C16H28N4/c1-12(2)6-5-7-14(4)20-16(17)19-11-15-8-13(3)9-18-10-15/h8-10,12,14H,5-7,11H2,1-4H3,(H3,17,19,20). The molecule has 0 saturated carbocycles. The molecular formula is C16H28N4. The minimum Gasteiger partial charge on any atom is -0.370 e. The van der Waals surface area contributed by atoms with E-state index in [1.165, 1.54) is 12.8 Å². The van der Waals surface area contributed by atoms with Crippen molar-refractivity contribution in [3.05, 3.63) is 29.6 Å². The summed E-state index contributed by atoms with van der Waals surface area (Å²) in [5, 5.41) is 3.25. The van der Waals surface area contributed by atoms with Gasteiger partial charge in [0.1, 0.15) is 0 Å². The van der Waals surface area contributed by atoms with Crippen LogP contribution in [0.4, 0.5) is 0 Å². The fourth-order valence-corrected chi connectivity index (χ4v) is 2.08. The zero-order valence-electron chi connectivity index (χ0n) is 13.2. The Kier molecular flexibility index (Phi) is 7.05. The Hall–Kier alpha value is -1.58. The monoisotopic (exact) mass is 276 g/mol. The van der Waals surface area contributed by atoms with E-state index in [1.54, 1.807) is 0 Å². The maximum atomic E-state index is 5.91. The lowest BCUT2D eigenvalue weighted by molar-refractivity contribution is 0.493. The molecule has 0 aliphatic carbocycles. The van der Waals surface area contributed by atoms with E-state index in [1.807, 2.05) is 19.3 Å². The van der Waals surface area contributed by atoms with Crippen LogP contribution in [0.1, 0.15) is 51.2 Å². The van der Waals surface area contributed by atoms with Crippen LogP contribution < -0.4 is 11.1 Å². The maximum absolute atomic E-state index is 5.91. The Labute approximate surface area is 122 Å². The number of aliphatic imine (C=N–C) groups is 1. The maximum Gasteiger partial charge on any atom is 0.189 e. The molecule has 4 heteroatoms. The van der Waals surface area contributed by atoms with E-state index in [2.05, 4.69) is 42.1 Å². The topological polar surface area (TPSA) is 63.3 Å². The highest BCUT2D eigenvalue weighted by atomic mass is 15.1. The number of nitrogens with zero attached hydrogens (tertiary/aromatic N) is 2. The number of nitrogens with two attached hydrogens (primary N) is 1. The summed E-state index contributed by atoms with van der Waals surface area (Å²) in [6.07, 6.45) is 7.28. The van der Waals surface area contributed by atoms with Crippen LogP contribution in [0, 0.1) is 12.8 Å². The predicted molar refractivity (Wildman–Crippen MR) is 85.6 cm³/mol. The minimum atomic E-state index is 0.369. The quantitative estimate of drug-likeness (QED) is 0.594. The highest BCUT2D eigenvalue weighted by Gasteiger charge is 2.03. The van der Waals surface area contributed by atoms with Crippen LogP contribution in [-0.2, 0) is 6.54 Å². The van der Waals surface area contributed by atoms with Gasteiger partial charge < -0.3 is 11.1 Å². The van der Waals surface area contributed by atoms with Crippen molar-refractivity contribution >= 4 is 5.96 Å². The van der Waals surface area contributed by atoms with Crippen LogP contribution >= 0.6 is 0 Å². The number of hydrogen-bond acceptors (Lipinski definition) is 2. The van der Waals surface area contributed by atoms with Crippen LogP contribution in [-0.4, -0.2) is 17.0 Å². The summed E-state index contributed by atoms with van der Waals surface area (Å²) in [6.45, 7) is 9.26. The van der Waals surface area contributed by atoms with Crippen LogP contribution in [0.3, 0.4) is 0 Å². The molecule has 1 unspecified atom stereocenters. The average Bonchev–Trinajstić information content (AvgIpc) is 2.36. The van der Waals surface area contributed by atoms with Gasteiger partial charge >= 0.3 is 0 Å². The van der Waals surface area contributed by atoms with Gasteiger partial charge in [-0.05, 0) is 37.3 Å². The summed E-state index contributed by atoms with van der Waals surface area (Å²) in [4.78, 5) is 8.51. The van der Waals surface area contributed by atoms with Crippen molar-refractivity contribution in [2.45, 2.75) is 59.5 Å². The van der Waals surface area contributed by atoms with Crippen molar-refractivity contribution in [1.82, 2.24) is 10.3 Å². The molecule has 1 aromatic heterocycles. The number of aryl methyl sites for hydroxylation is 1. The van der Waals surface area contributed by atoms with Crippen molar-refractivity contribution in [1.29, 1.82) is 0 Å². The molecule has 0 spiro atoms. The van der Waals surface area contributed by atoms with E-state index >= 15 is 0 Å². The highest BCUT2D eigenvalue weighted by molar-refractivity contribution is 5.78. The van der Waals surface area contributed by atoms with Gasteiger partial charge in [-0.15, -0.1) is 0 Å². The molecule has 0 amide bonds. The van der Waals surface area contributed by atoms with Gasteiger partial charge in [0, 0.05) is 18.4 Å². The fourth-order valence-electron chi connectivity index (χ4n) is 2.08. The molecule has 4 nitrogen and oxygen atoms in total. The molecule has 1 rings (SSSR count). The molecule has 20 heavy (non-hydrogen) atoms. The molecule has 1 heterocycles. The second-order valence-corrected chi connectivity index (χ2v) is 5.94. The van der Waals surface area contributed by atoms with Gasteiger partial charge in [0.15, 0.2) is 5.96 Å². The second kappa shape index (κ2) is 8.56. The minimum absolute atomic E-state index is 0.369. The van der Waals surface area contributed by atoms with Gasteiger partial charge in [0.05, 0.1) is 6.54 Å². The molecule has 0 saturated heterocycles. The number of rotatable bonds is 7. The molecule has 0 aromatic carbocycles. The molecule has 0 aliphatic heterocycles. The van der Waals surface area contributed by atoms with E-state index < -0.39 is 0 Å². The second-order valence-electron chi connectivity index (χ2n) is 5.94. The normalized spacial score (nSPS) is 13.6. The first-order chi connectivity index (χ1) is 9.47. The Morgan fingerprint density at radius 3 is 2.70 bits per heavy atom. The zero-order valence-corrected chi connectivity index (χ0v) is 13.2. The zero-order chi connectivity index (χ0) is 15.0. The molecule has 0 fully saturated rings. The van der Waals surface area contributed by atoms with Gasteiger partial charge in [-0.2, -0.15) is 0 Å². The molecule has 1 aromatic rings. The smallest absolute Gasteiger partial charge is 0.189 e. The van der Waals surface area contributed by atoms with Crippen molar-refractivity contribution in [3.63, 3.8) is 0 Å². The Bertz CT molecular complexity index is 426. The van der Waals surface area contributed by atoms with Gasteiger partial charge in [-0.1, -0.05) is 32.8 Å². The SMILES string of the molecule is Cc1cncc(CN=C(N)NC(C)CCCC(C)C)c1. The lowest BCUT2D eigenvalue weighted by atomic mass is 10.0. The Morgan fingerprint density at radius 2 is 2.05 bits per heavy atom. The number of hydrogen-bond donors (Lipinski definition) is 2. The summed E-state index contributed by atoms with van der Waals surface area (Å²) < 4.78 is 0. The van der Waals surface area contributed by atoms with Crippen molar-refractivity contribution < 1.29 is 0 Å². The largest absolute Gasteiger partial charge is 0.370 e. The van der Waals surface area contributed by atoms with Crippen LogP contribution in [0.15, 0.2) is 23.5 Å². The molecule has 0 bridgehead atoms. The highest BCUT2D eigenvalue weighted by Crippen LogP contribution is 2.08. The Morgan fingerprint density at radius 1 is 1.30 bits per heavy atom.